The summed E-state index contributed by atoms with van der Waals surface area (Å²) in [4.78, 5) is 12.1. The van der Waals surface area contributed by atoms with Crippen LogP contribution in [0.15, 0.2) is 18.2 Å². The van der Waals surface area contributed by atoms with Crippen LogP contribution in [0.2, 0.25) is 0 Å². The molecule has 118 valence electrons. The van der Waals surface area contributed by atoms with E-state index in [1.807, 2.05) is 6.92 Å². The summed E-state index contributed by atoms with van der Waals surface area (Å²) < 4.78 is 5.12. The fourth-order valence-corrected chi connectivity index (χ4v) is 2.49. The molecule has 0 saturated carbocycles. The van der Waals surface area contributed by atoms with Gasteiger partial charge >= 0.3 is 5.97 Å². The third-order valence-corrected chi connectivity index (χ3v) is 3.67. The summed E-state index contributed by atoms with van der Waals surface area (Å²) in [5, 5.41) is 10.4. The normalized spacial score (nSPS) is 10.5. The number of aromatic amines is 1. The minimum absolute atomic E-state index is 0.342. The van der Waals surface area contributed by atoms with Gasteiger partial charge in [0.05, 0.1) is 6.61 Å². The van der Waals surface area contributed by atoms with Crippen molar-refractivity contribution in [1.29, 1.82) is 0 Å². The number of aryl methyl sites for hydroxylation is 3. The Morgan fingerprint density at radius 2 is 1.86 bits per heavy atom. The molecule has 0 unspecified atom stereocenters. The molecule has 5 nitrogen and oxygen atoms in total. The van der Waals surface area contributed by atoms with Crippen LogP contribution < -0.4 is 5.32 Å². The first-order chi connectivity index (χ1) is 10.6. The second-order valence-electron chi connectivity index (χ2n) is 5.08. The van der Waals surface area contributed by atoms with Gasteiger partial charge in [0.25, 0.3) is 0 Å². The van der Waals surface area contributed by atoms with Crippen LogP contribution in [0.1, 0.15) is 48.0 Å². The second-order valence-corrected chi connectivity index (χ2v) is 5.08. The highest BCUT2D eigenvalue weighted by Crippen LogP contribution is 2.28. The molecular weight excluding hydrogens is 278 g/mol. The highest BCUT2D eigenvalue weighted by molar-refractivity contribution is 5.96. The van der Waals surface area contributed by atoms with Crippen LogP contribution in [0.4, 0.5) is 11.5 Å². The predicted molar refractivity (Wildman–Crippen MR) is 87.8 cm³/mol. The summed E-state index contributed by atoms with van der Waals surface area (Å²) in [6, 6.07) is 6.24. The lowest BCUT2D eigenvalue weighted by molar-refractivity contribution is 0.0527. The van der Waals surface area contributed by atoms with Crippen LogP contribution in [0.3, 0.4) is 0 Å². The third-order valence-electron chi connectivity index (χ3n) is 3.67. The molecule has 1 aromatic heterocycles. The van der Waals surface area contributed by atoms with Gasteiger partial charge in [-0.25, -0.2) is 4.79 Å². The summed E-state index contributed by atoms with van der Waals surface area (Å²) in [6.07, 6.45) is 1.82. The topological polar surface area (TPSA) is 67.0 Å². The van der Waals surface area contributed by atoms with Crippen LogP contribution in [-0.2, 0) is 17.6 Å². The summed E-state index contributed by atoms with van der Waals surface area (Å²) in [5.41, 5.74) is 4.61. The van der Waals surface area contributed by atoms with Crippen molar-refractivity contribution in [2.24, 2.45) is 0 Å². The van der Waals surface area contributed by atoms with Crippen molar-refractivity contribution in [2.45, 2.75) is 40.5 Å². The van der Waals surface area contributed by atoms with Crippen molar-refractivity contribution in [3.8, 4) is 0 Å². The number of hydrogen-bond donors (Lipinski definition) is 2. The van der Waals surface area contributed by atoms with Crippen LogP contribution in [-0.4, -0.2) is 22.8 Å². The number of carbonyl (C=O) groups excluding carboxylic acids is 1. The molecule has 22 heavy (non-hydrogen) atoms. The van der Waals surface area contributed by atoms with Crippen molar-refractivity contribution in [2.75, 3.05) is 11.9 Å². The largest absolute Gasteiger partial charge is 0.462 e. The van der Waals surface area contributed by atoms with Gasteiger partial charge in [-0.05, 0) is 37.8 Å². The van der Waals surface area contributed by atoms with E-state index in [0.29, 0.717) is 23.7 Å². The van der Waals surface area contributed by atoms with Gasteiger partial charge in [0.1, 0.15) is 5.56 Å². The van der Waals surface area contributed by atoms with E-state index in [9.17, 15) is 4.79 Å². The van der Waals surface area contributed by atoms with Gasteiger partial charge in [-0.3, -0.25) is 5.10 Å². The molecule has 0 saturated heterocycles. The van der Waals surface area contributed by atoms with E-state index in [2.05, 4.69) is 47.6 Å². The monoisotopic (exact) mass is 301 g/mol. The van der Waals surface area contributed by atoms with E-state index in [4.69, 9.17) is 4.74 Å². The molecule has 0 aliphatic heterocycles. The average molecular weight is 301 g/mol. The van der Waals surface area contributed by atoms with Crippen molar-refractivity contribution in [3.63, 3.8) is 0 Å². The number of benzene rings is 1. The molecule has 1 aromatic carbocycles. The van der Waals surface area contributed by atoms with Crippen molar-refractivity contribution < 1.29 is 9.53 Å². The van der Waals surface area contributed by atoms with Crippen LogP contribution in [0.25, 0.3) is 0 Å². The lowest BCUT2D eigenvalue weighted by Crippen LogP contribution is -2.09. The number of hydrogen-bond acceptors (Lipinski definition) is 4. The minimum atomic E-state index is -0.358. The fraction of sp³-hybridized carbons (Fsp3) is 0.412. The van der Waals surface area contributed by atoms with Crippen molar-refractivity contribution in [3.05, 3.63) is 40.6 Å². The molecule has 2 N–H and O–H groups in total. The molecule has 0 radical (unpaired) electrons. The maximum atomic E-state index is 12.1. The first-order valence-electron chi connectivity index (χ1n) is 7.72. The van der Waals surface area contributed by atoms with Crippen molar-refractivity contribution in [1.82, 2.24) is 10.2 Å². The first kappa shape index (κ1) is 16.1. The van der Waals surface area contributed by atoms with E-state index in [1.54, 1.807) is 6.92 Å². The lowest BCUT2D eigenvalue weighted by atomic mass is 10.0. The number of ether oxygens (including phenoxy) is 1. The lowest BCUT2D eigenvalue weighted by Gasteiger charge is -2.14. The number of aromatic nitrogens is 2. The summed E-state index contributed by atoms with van der Waals surface area (Å²) in [7, 11) is 0. The Morgan fingerprint density at radius 1 is 1.23 bits per heavy atom. The number of rotatable bonds is 6. The highest BCUT2D eigenvalue weighted by atomic mass is 16.5. The van der Waals surface area contributed by atoms with Gasteiger partial charge in [-0.15, -0.1) is 0 Å². The zero-order valence-electron chi connectivity index (χ0n) is 13.6. The zero-order valence-corrected chi connectivity index (χ0v) is 13.6. The van der Waals surface area contributed by atoms with E-state index >= 15 is 0 Å². The molecule has 2 aromatic rings. The van der Waals surface area contributed by atoms with Gasteiger partial charge in [-0.2, -0.15) is 5.10 Å². The SMILES string of the molecule is CCOC(=O)c1c(Nc2c(CC)cccc2CC)n[nH]c1C. The second kappa shape index (κ2) is 7.11. The Kier molecular flexibility index (Phi) is 5.20. The van der Waals surface area contributed by atoms with Gasteiger partial charge in [-0.1, -0.05) is 32.0 Å². The molecular formula is C17H23N3O2. The predicted octanol–water partition coefficient (Wildman–Crippen LogP) is 3.76. The molecule has 1 heterocycles. The van der Waals surface area contributed by atoms with Crippen molar-refractivity contribution >= 4 is 17.5 Å². The highest BCUT2D eigenvalue weighted by Gasteiger charge is 2.20. The standard InChI is InChI=1S/C17H23N3O2/c1-5-12-9-8-10-13(6-2)15(12)18-16-14(11(4)19-20-16)17(21)22-7-3/h8-10H,5-7H2,1-4H3,(H2,18,19,20). The Labute approximate surface area is 131 Å². The molecule has 0 spiro atoms. The third kappa shape index (κ3) is 3.13. The summed E-state index contributed by atoms with van der Waals surface area (Å²) in [5.74, 6) is 0.162. The number of esters is 1. The molecule has 0 aliphatic carbocycles. The number of nitrogens with zero attached hydrogens (tertiary/aromatic N) is 1. The maximum Gasteiger partial charge on any atom is 0.343 e. The first-order valence-corrected chi connectivity index (χ1v) is 7.72. The molecule has 0 fully saturated rings. The Bertz CT molecular complexity index is 640. The van der Waals surface area contributed by atoms with E-state index in [-0.39, 0.29) is 5.97 Å². The summed E-state index contributed by atoms with van der Waals surface area (Å²) in [6.45, 7) is 8.18. The Morgan fingerprint density at radius 3 is 2.41 bits per heavy atom. The number of nitrogens with one attached hydrogen (secondary N) is 2. The van der Waals surface area contributed by atoms with Gasteiger partial charge in [0, 0.05) is 11.4 Å². The van der Waals surface area contributed by atoms with Crippen LogP contribution in [0, 0.1) is 6.92 Å². The van der Waals surface area contributed by atoms with Crippen LogP contribution >= 0.6 is 0 Å². The maximum absolute atomic E-state index is 12.1. The Balaban J connectivity index is 2.42. The summed E-state index contributed by atoms with van der Waals surface area (Å²) >= 11 is 0. The Hall–Kier alpha value is -2.30. The average Bonchev–Trinajstić information content (AvgIpc) is 2.88. The molecule has 0 aliphatic rings. The fourth-order valence-electron chi connectivity index (χ4n) is 2.49. The molecule has 0 atom stereocenters. The van der Waals surface area contributed by atoms with E-state index < -0.39 is 0 Å². The van der Waals surface area contributed by atoms with E-state index in [0.717, 1.165) is 18.5 Å². The number of H-pyrrole nitrogens is 1. The molecule has 2 rings (SSSR count). The smallest absolute Gasteiger partial charge is 0.343 e. The number of para-hydroxylation sites is 1. The van der Waals surface area contributed by atoms with Gasteiger partial charge in [0.2, 0.25) is 0 Å². The zero-order chi connectivity index (χ0) is 16.1. The minimum Gasteiger partial charge on any atom is -0.462 e. The molecule has 5 heteroatoms. The quantitative estimate of drug-likeness (QED) is 0.797. The number of carbonyl (C=O) groups is 1. The van der Waals surface area contributed by atoms with Gasteiger partial charge < -0.3 is 10.1 Å². The molecule has 0 amide bonds. The van der Waals surface area contributed by atoms with Crippen LogP contribution in [0.5, 0.6) is 0 Å². The number of anilines is 2. The van der Waals surface area contributed by atoms with Gasteiger partial charge in [0.15, 0.2) is 5.82 Å². The van der Waals surface area contributed by atoms with E-state index in [1.165, 1.54) is 11.1 Å². The molecule has 0 bridgehead atoms.